The molecule has 3 aromatic heterocycles. The van der Waals surface area contributed by atoms with Gasteiger partial charge < -0.3 is 14.6 Å². The Balaban J connectivity index is 1.44. The van der Waals surface area contributed by atoms with Crippen LogP contribution in [0.5, 0.6) is 0 Å². The number of fused-ring (bicyclic) bond motifs is 1. The standard InChI is InChI=1S/C18H23N7O2/c1-13-20-16-12-15(21-17(25(16)23-13)14-6-5-11-27-14)22-18(26)19-7-10-24-8-3-2-4-9-24/h5-6,11-12H,2-4,7-10H2,1H3,(H2,19,22,26). The van der Waals surface area contributed by atoms with Gasteiger partial charge in [0.25, 0.3) is 0 Å². The average molecular weight is 369 g/mol. The van der Waals surface area contributed by atoms with E-state index < -0.39 is 0 Å². The van der Waals surface area contributed by atoms with Crippen LogP contribution >= 0.6 is 0 Å². The zero-order valence-corrected chi connectivity index (χ0v) is 15.3. The van der Waals surface area contributed by atoms with Crippen LogP contribution in [0.1, 0.15) is 25.1 Å². The molecule has 27 heavy (non-hydrogen) atoms. The van der Waals surface area contributed by atoms with E-state index in [0.29, 0.717) is 35.4 Å². The van der Waals surface area contributed by atoms with Crippen molar-refractivity contribution < 1.29 is 9.21 Å². The van der Waals surface area contributed by atoms with Gasteiger partial charge in [0.2, 0.25) is 5.82 Å². The highest BCUT2D eigenvalue weighted by atomic mass is 16.3. The molecular formula is C18H23N7O2. The third kappa shape index (κ3) is 4.08. The number of likely N-dealkylation sites (tertiary alicyclic amines) is 1. The van der Waals surface area contributed by atoms with Gasteiger partial charge in [-0.05, 0) is 45.0 Å². The minimum Gasteiger partial charge on any atom is -0.461 e. The molecular weight excluding hydrogens is 346 g/mol. The summed E-state index contributed by atoms with van der Waals surface area (Å²) in [7, 11) is 0. The number of nitrogens with one attached hydrogen (secondary N) is 2. The molecule has 0 aliphatic carbocycles. The summed E-state index contributed by atoms with van der Waals surface area (Å²) in [6.07, 6.45) is 5.35. The Bertz CT molecular complexity index is 913. The van der Waals surface area contributed by atoms with E-state index in [1.54, 1.807) is 35.9 Å². The Morgan fingerprint density at radius 3 is 2.89 bits per heavy atom. The van der Waals surface area contributed by atoms with Crippen LogP contribution in [-0.2, 0) is 0 Å². The van der Waals surface area contributed by atoms with E-state index in [4.69, 9.17) is 4.42 Å². The highest BCUT2D eigenvalue weighted by molar-refractivity contribution is 5.89. The summed E-state index contributed by atoms with van der Waals surface area (Å²) in [6, 6.07) is 4.98. The molecule has 1 fully saturated rings. The monoisotopic (exact) mass is 369 g/mol. The van der Waals surface area contributed by atoms with Gasteiger partial charge in [0.05, 0.1) is 6.26 Å². The second-order valence-electron chi connectivity index (χ2n) is 6.65. The highest BCUT2D eigenvalue weighted by Gasteiger charge is 2.15. The third-order valence-electron chi connectivity index (χ3n) is 4.58. The fourth-order valence-electron chi connectivity index (χ4n) is 3.30. The number of carbonyl (C=O) groups is 1. The lowest BCUT2D eigenvalue weighted by Gasteiger charge is -2.26. The molecule has 2 N–H and O–H groups in total. The maximum atomic E-state index is 12.2. The van der Waals surface area contributed by atoms with E-state index in [0.717, 1.165) is 19.6 Å². The molecule has 3 aromatic rings. The largest absolute Gasteiger partial charge is 0.461 e. The number of furan rings is 1. The lowest BCUT2D eigenvalue weighted by Crippen LogP contribution is -2.39. The third-order valence-corrected chi connectivity index (χ3v) is 4.58. The molecule has 9 heteroatoms. The molecule has 1 aliphatic heterocycles. The minimum absolute atomic E-state index is 0.287. The van der Waals surface area contributed by atoms with E-state index in [9.17, 15) is 4.79 Å². The molecule has 4 rings (SSSR count). The van der Waals surface area contributed by atoms with Crippen LogP contribution in [0, 0.1) is 6.92 Å². The maximum absolute atomic E-state index is 12.2. The van der Waals surface area contributed by atoms with Crippen molar-refractivity contribution in [3.05, 3.63) is 30.3 Å². The van der Waals surface area contributed by atoms with Gasteiger partial charge in [0.1, 0.15) is 11.6 Å². The zero-order chi connectivity index (χ0) is 18.6. The number of urea groups is 1. The first-order chi connectivity index (χ1) is 13.2. The number of nitrogens with zero attached hydrogens (tertiary/aromatic N) is 5. The summed E-state index contributed by atoms with van der Waals surface area (Å²) in [5.74, 6) is 2.06. The van der Waals surface area contributed by atoms with Crippen molar-refractivity contribution in [3.8, 4) is 11.6 Å². The van der Waals surface area contributed by atoms with Gasteiger partial charge in [-0.2, -0.15) is 4.52 Å². The fourth-order valence-corrected chi connectivity index (χ4v) is 3.30. The van der Waals surface area contributed by atoms with E-state index in [1.807, 2.05) is 0 Å². The van der Waals surface area contributed by atoms with Crippen molar-refractivity contribution in [2.24, 2.45) is 0 Å². The van der Waals surface area contributed by atoms with E-state index >= 15 is 0 Å². The Labute approximate surface area is 156 Å². The normalized spacial score (nSPS) is 15.1. The molecule has 1 aliphatic rings. The molecule has 142 valence electrons. The predicted molar refractivity (Wildman–Crippen MR) is 101 cm³/mol. The van der Waals surface area contributed by atoms with Crippen LogP contribution in [-0.4, -0.2) is 56.7 Å². The molecule has 0 radical (unpaired) electrons. The predicted octanol–water partition coefficient (Wildman–Crippen LogP) is 2.30. The summed E-state index contributed by atoms with van der Waals surface area (Å²) in [4.78, 5) is 23.5. The molecule has 0 spiro atoms. The molecule has 0 bridgehead atoms. The highest BCUT2D eigenvalue weighted by Crippen LogP contribution is 2.21. The summed E-state index contributed by atoms with van der Waals surface area (Å²) in [6.45, 7) is 5.49. The first-order valence-corrected chi connectivity index (χ1v) is 9.24. The number of aromatic nitrogens is 4. The van der Waals surface area contributed by atoms with Gasteiger partial charge in [0.15, 0.2) is 11.4 Å². The lowest BCUT2D eigenvalue weighted by molar-refractivity contribution is 0.224. The van der Waals surface area contributed by atoms with Crippen molar-refractivity contribution >= 4 is 17.5 Å². The van der Waals surface area contributed by atoms with Gasteiger partial charge in [-0.1, -0.05) is 6.42 Å². The Kier molecular flexibility index (Phi) is 5.01. The number of rotatable bonds is 5. The number of hydrogen-bond donors (Lipinski definition) is 2. The van der Waals surface area contributed by atoms with Gasteiger partial charge in [-0.15, -0.1) is 5.10 Å². The number of amides is 2. The van der Waals surface area contributed by atoms with Crippen molar-refractivity contribution in [2.45, 2.75) is 26.2 Å². The molecule has 0 unspecified atom stereocenters. The van der Waals surface area contributed by atoms with Crippen molar-refractivity contribution in [1.82, 2.24) is 29.8 Å². The van der Waals surface area contributed by atoms with Gasteiger partial charge in [0, 0.05) is 19.2 Å². The Hall–Kier alpha value is -2.94. The Morgan fingerprint density at radius 1 is 1.26 bits per heavy atom. The molecule has 0 atom stereocenters. The SMILES string of the molecule is Cc1nc2cc(NC(=O)NCCN3CCCCC3)nc(-c3ccco3)n2n1. The summed E-state index contributed by atoms with van der Waals surface area (Å²) < 4.78 is 7.05. The first kappa shape index (κ1) is 17.5. The molecule has 2 amide bonds. The minimum atomic E-state index is -0.287. The van der Waals surface area contributed by atoms with E-state index in [-0.39, 0.29) is 6.03 Å². The van der Waals surface area contributed by atoms with E-state index in [1.165, 1.54) is 19.3 Å². The quantitative estimate of drug-likeness (QED) is 0.716. The van der Waals surface area contributed by atoms with Crippen LogP contribution in [0.4, 0.5) is 10.6 Å². The van der Waals surface area contributed by atoms with Crippen molar-refractivity contribution in [3.63, 3.8) is 0 Å². The number of hydrogen-bond acceptors (Lipinski definition) is 6. The molecule has 0 saturated carbocycles. The maximum Gasteiger partial charge on any atom is 0.320 e. The van der Waals surface area contributed by atoms with Gasteiger partial charge in [-0.25, -0.2) is 14.8 Å². The lowest BCUT2D eigenvalue weighted by atomic mass is 10.1. The number of carbonyl (C=O) groups excluding carboxylic acids is 1. The van der Waals surface area contributed by atoms with Gasteiger partial charge >= 0.3 is 6.03 Å². The first-order valence-electron chi connectivity index (χ1n) is 9.24. The van der Waals surface area contributed by atoms with Crippen LogP contribution in [0.2, 0.25) is 0 Å². The summed E-state index contributed by atoms with van der Waals surface area (Å²) in [5.41, 5.74) is 0.595. The van der Waals surface area contributed by atoms with Crippen LogP contribution in [0.3, 0.4) is 0 Å². The molecule has 4 heterocycles. The molecule has 0 aromatic carbocycles. The average Bonchev–Trinajstić information content (AvgIpc) is 3.31. The number of aryl methyl sites for hydroxylation is 1. The van der Waals surface area contributed by atoms with E-state index in [2.05, 4.69) is 30.6 Å². The zero-order valence-electron chi connectivity index (χ0n) is 15.3. The van der Waals surface area contributed by atoms with Crippen molar-refractivity contribution in [1.29, 1.82) is 0 Å². The molecule has 1 saturated heterocycles. The number of piperidine rings is 1. The topological polar surface area (TPSA) is 101 Å². The second-order valence-corrected chi connectivity index (χ2v) is 6.65. The summed E-state index contributed by atoms with van der Waals surface area (Å²) >= 11 is 0. The summed E-state index contributed by atoms with van der Waals surface area (Å²) in [5, 5.41) is 10.0. The smallest absolute Gasteiger partial charge is 0.320 e. The fraction of sp³-hybridized carbons (Fsp3) is 0.444. The van der Waals surface area contributed by atoms with Crippen LogP contribution in [0.25, 0.3) is 17.2 Å². The van der Waals surface area contributed by atoms with Gasteiger partial charge in [-0.3, -0.25) is 5.32 Å². The number of anilines is 1. The van der Waals surface area contributed by atoms with Crippen molar-refractivity contribution in [2.75, 3.05) is 31.5 Å². The second kappa shape index (κ2) is 7.75. The van der Waals surface area contributed by atoms with Crippen LogP contribution < -0.4 is 10.6 Å². The van der Waals surface area contributed by atoms with Crippen LogP contribution in [0.15, 0.2) is 28.9 Å². The Morgan fingerprint density at radius 2 is 2.11 bits per heavy atom. The molecule has 9 nitrogen and oxygen atoms in total.